The maximum absolute atomic E-state index is 16.1. The number of carbonyl (C=O) groups is 1. The Morgan fingerprint density at radius 2 is 1.27 bits per heavy atom. The quantitative estimate of drug-likeness (QED) is 0.208. The fourth-order valence-corrected chi connectivity index (χ4v) is 5.43. The van der Waals surface area contributed by atoms with Gasteiger partial charge in [-0.15, -0.1) is 0 Å². The van der Waals surface area contributed by atoms with E-state index in [4.69, 9.17) is 5.10 Å². The highest BCUT2D eigenvalue weighted by atomic mass is 19.1. The van der Waals surface area contributed by atoms with Gasteiger partial charge in [-0.05, 0) is 52.6 Å². The molecule has 6 aromatic rings. The lowest BCUT2D eigenvalue weighted by molar-refractivity contribution is 0.0692. The lowest BCUT2D eigenvalue weighted by atomic mass is 9.77. The number of fused-ring (bicyclic) bond motifs is 1. The van der Waals surface area contributed by atoms with Crippen molar-refractivity contribution in [3.05, 3.63) is 173 Å². The van der Waals surface area contributed by atoms with Crippen molar-refractivity contribution in [2.24, 2.45) is 0 Å². The van der Waals surface area contributed by atoms with Crippen LogP contribution in [0.2, 0.25) is 0 Å². The molecule has 0 fully saturated rings. The van der Waals surface area contributed by atoms with E-state index in [0.29, 0.717) is 11.1 Å². The van der Waals surface area contributed by atoms with Crippen LogP contribution in [0, 0.1) is 11.6 Å². The third kappa shape index (κ3) is 4.49. The molecule has 0 aliphatic heterocycles. The van der Waals surface area contributed by atoms with Crippen LogP contribution in [0.1, 0.15) is 38.3 Å². The Hall–Kier alpha value is -5.36. The number of carboxylic acid groups (broad SMARTS) is 1. The van der Waals surface area contributed by atoms with E-state index in [9.17, 15) is 14.3 Å². The van der Waals surface area contributed by atoms with Gasteiger partial charge < -0.3 is 5.11 Å². The first-order valence-corrected chi connectivity index (χ1v) is 13.1. The summed E-state index contributed by atoms with van der Waals surface area (Å²) in [5.74, 6) is -2.67. The Morgan fingerprint density at radius 3 is 1.78 bits per heavy atom. The molecule has 1 N–H and O–H groups in total. The summed E-state index contributed by atoms with van der Waals surface area (Å²) in [5.41, 5.74) is 2.31. The minimum absolute atomic E-state index is 0.0599. The number of hydrogen-bond acceptors (Lipinski definition) is 2. The number of nitrogens with zero attached hydrogens (tertiary/aromatic N) is 2. The van der Waals surface area contributed by atoms with Crippen molar-refractivity contribution >= 4 is 29.0 Å². The molecule has 0 bridgehead atoms. The number of benzene rings is 5. The van der Waals surface area contributed by atoms with E-state index in [1.165, 1.54) is 18.2 Å². The first kappa shape index (κ1) is 25.9. The van der Waals surface area contributed by atoms with Crippen LogP contribution >= 0.6 is 0 Å². The van der Waals surface area contributed by atoms with Gasteiger partial charge in [0.25, 0.3) is 0 Å². The molecule has 5 aromatic carbocycles. The lowest BCUT2D eigenvalue weighted by Crippen LogP contribution is -2.38. The number of hydrogen-bond donors (Lipinski definition) is 1. The van der Waals surface area contributed by atoms with Gasteiger partial charge >= 0.3 is 5.97 Å². The SMILES string of the molecule is O=C(O)c1ccc2c(c(C=Cc3cccc(F)c3)nn2C(c2ccccc2)(c2ccccc2)c2ccccc2)c1F. The van der Waals surface area contributed by atoms with Gasteiger partial charge in [0.15, 0.2) is 0 Å². The molecule has 1 heterocycles. The summed E-state index contributed by atoms with van der Waals surface area (Å²) in [7, 11) is 0. The third-order valence-corrected chi connectivity index (χ3v) is 7.22. The van der Waals surface area contributed by atoms with Crippen LogP contribution in [-0.2, 0) is 5.54 Å². The van der Waals surface area contributed by atoms with E-state index in [0.717, 1.165) is 16.7 Å². The van der Waals surface area contributed by atoms with Crippen LogP contribution in [0.15, 0.2) is 127 Å². The number of carboxylic acids is 1. The van der Waals surface area contributed by atoms with Gasteiger partial charge in [0.1, 0.15) is 17.2 Å². The molecule has 0 saturated heterocycles. The molecule has 0 aliphatic rings. The van der Waals surface area contributed by atoms with Crippen LogP contribution in [0.5, 0.6) is 0 Å². The molecule has 0 radical (unpaired) electrons. The summed E-state index contributed by atoms with van der Waals surface area (Å²) in [5, 5.41) is 14.8. The third-order valence-electron chi connectivity index (χ3n) is 7.22. The molecular weight excluding hydrogens is 518 g/mol. The highest BCUT2D eigenvalue weighted by molar-refractivity contribution is 5.98. The van der Waals surface area contributed by atoms with Crippen LogP contribution < -0.4 is 0 Å². The molecule has 0 saturated carbocycles. The highest BCUT2D eigenvalue weighted by Crippen LogP contribution is 2.43. The maximum atomic E-state index is 16.1. The first-order valence-electron chi connectivity index (χ1n) is 13.1. The number of aromatic nitrogens is 2. The smallest absolute Gasteiger partial charge is 0.338 e. The van der Waals surface area contributed by atoms with Crippen LogP contribution in [0.3, 0.4) is 0 Å². The summed E-state index contributed by atoms with van der Waals surface area (Å²) < 4.78 is 31.7. The number of halogens is 2. The normalized spacial score (nSPS) is 11.8. The van der Waals surface area contributed by atoms with Gasteiger partial charge in [-0.25, -0.2) is 18.3 Å². The predicted molar refractivity (Wildman–Crippen MR) is 157 cm³/mol. The van der Waals surface area contributed by atoms with E-state index >= 15 is 4.39 Å². The van der Waals surface area contributed by atoms with E-state index in [-0.39, 0.29) is 11.1 Å². The zero-order valence-corrected chi connectivity index (χ0v) is 21.8. The number of aromatic carboxylic acids is 1. The fraction of sp³-hybridized carbons (Fsp3) is 0.0286. The molecule has 4 nitrogen and oxygen atoms in total. The highest BCUT2D eigenvalue weighted by Gasteiger charge is 2.41. The molecule has 0 aliphatic carbocycles. The van der Waals surface area contributed by atoms with E-state index in [2.05, 4.69) is 0 Å². The summed E-state index contributed by atoms with van der Waals surface area (Å²) in [6.07, 6.45) is 3.23. The number of rotatable bonds is 7. The Bertz CT molecular complexity index is 1790. The van der Waals surface area contributed by atoms with Gasteiger partial charge in [0.2, 0.25) is 0 Å². The van der Waals surface area contributed by atoms with Crippen molar-refractivity contribution in [2.75, 3.05) is 0 Å². The van der Waals surface area contributed by atoms with Gasteiger partial charge in [0, 0.05) is 0 Å². The Labute approximate surface area is 235 Å². The van der Waals surface area contributed by atoms with Crippen molar-refractivity contribution in [1.29, 1.82) is 0 Å². The topological polar surface area (TPSA) is 55.1 Å². The van der Waals surface area contributed by atoms with Crippen LogP contribution in [0.25, 0.3) is 23.1 Å². The molecule has 0 atom stereocenters. The monoisotopic (exact) mass is 542 g/mol. The van der Waals surface area contributed by atoms with Crippen LogP contribution in [-0.4, -0.2) is 20.9 Å². The standard InChI is InChI=1S/C35H24F2N2O2/c36-28-18-10-11-24(23-28)19-21-30-32-31(22-20-29(33(32)37)34(40)41)39(38-30)35(25-12-4-1-5-13-25,26-14-6-2-7-15-26)27-16-8-3-9-17-27/h1-23H,(H,40,41). The fourth-order valence-electron chi connectivity index (χ4n) is 5.43. The van der Waals surface area contributed by atoms with Gasteiger partial charge in [0.05, 0.1) is 22.2 Å². The van der Waals surface area contributed by atoms with Crippen LogP contribution in [0.4, 0.5) is 8.78 Å². The van der Waals surface area contributed by atoms with E-state index in [1.807, 2.05) is 91.0 Å². The van der Waals surface area contributed by atoms with Gasteiger partial charge in [-0.2, -0.15) is 5.10 Å². The molecule has 6 heteroatoms. The summed E-state index contributed by atoms with van der Waals surface area (Å²) in [4.78, 5) is 11.9. The molecule has 1 aromatic heterocycles. The molecule has 41 heavy (non-hydrogen) atoms. The maximum Gasteiger partial charge on any atom is 0.338 e. The lowest BCUT2D eigenvalue weighted by Gasteiger charge is -2.37. The Morgan fingerprint density at radius 1 is 0.707 bits per heavy atom. The van der Waals surface area contributed by atoms with E-state index in [1.54, 1.807) is 35.0 Å². The first-order chi connectivity index (χ1) is 20.0. The second-order valence-electron chi connectivity index (χ2n) is 9.62. The minimum Gasteiger partial charge on any atom is -0.478 e. The minimum atomic E-state index is -1.38. The zero-order valence-electron chi connectivity index (χ0n) is 21.8. The second-order valence-corrected chi connectivity index (χ2v) is 9.62. The molecule has 6 rings (SSSR count). The van der Waals surface area contributed by atoms with Crippen molar-refractivity contribution in [2.45, 2.75) is 5.54 Å². The summed E-state index contributed by atoms with van der Waals surface area (Å²) in [6.45, 7) is 0. The largest absolute Gasteiger partial charge is 0.478 e. The van der Waals surface area contributed by atoms with Crippen molar-refractivity contribution < 1.29 is 18.7 Å². The van der Waals surface area contributed by atoms with E-state index < -0.39 is 28.7 Å². The Kier molecular flexibility index (Phi) is 6.73. The summed E-state index contributed by atoms with van der Waals surface area (Å²) in [6, 6.07) is 38.3. The molecule has 200 valence electrons. The average Bonchev–Trinajstić information content (AvgIpc) is 3.38. The Balaban J connectivity index is 1.74. The summed E-state index contributed by atoms with van der Waals surface area (Å²) >= 11 is 0. The van der Waals surface area contributed by atoms with Crippen molar-refractivity contribution in [3.8, 4) is 0 Å². The predicted octanol–water partition coefficient (Wildman–Crippen LogP) is 8.02. The van der Waals surface area contributed by atoms with Gasteiger partial charge in [-0.3, -0.25) is 0 Å². The average molecular weight is 543 g/mol. The second kappa shape index (κ2) is 10.7. The van der Waals surface area contributed by atoms with Gasteiger partial charge in [-0.1, -0.05) is 109 Å². The van der Waals surface area contributed by atoms with Crippen molar-refractivity contribution in [1.82, 2.24) is 9.78 Å². The molecular formula is C35H24F2N2O2. The zero-order chi connectivity index (χ0) is 28.4. The van der Waals surface area contributed by atoms with Crippen molar-refractivity contribution in [3.63, 3.8) is 0 Å². The molecule has 0 amide bonds. The molecule has 0 unspecified atom stereocenters. The molecule has 0 spiro atoms.